The van der Waals surface area contributed by atoms with Crippen LogP contribution in [0.2, 0.25) is 0 Å². The standard InChI is InChI=1S/C21H28N2O3/c24-20(12-17-6-2-1-3-7-17)23-15-21(16-23)18(9-11-26-21)13-25-14-19-8-4-5-10-22-19/h4-6,8,10,18H,1-3,7,9,11-16H2/t18-/m1/s1. The van der Waals surface area contributed by atoms with Crippen molar-refractivity contribution in [2.45, 2.75) is 50.7 Å². The van der Waals surface area contributed by atoms with Crippen LogP contribution in [-0.2, 0) is 20.9 Å². The fourth-order valence-electron chi connectivity index (χ4n) is 4.31. The van der Waals surface area contributed by atoms with Gasteiger partial charge in [0.2, 0.25) is 5.91 Å². The molecule has 1 aromatic rings. The highest BCUT2D eigenvalue weighted by atomic mass is 16.5. The van der Waals surface area contributed by atoms with Crippen LogP contribution in [0.5, 0.6) is 0 Å². The Morgan fingerprint density at radius 1 is 1.35 bits per heavy atom. The minimum atomic E-state index is -0.180. The molecule has 1 spiro atoms. The Morgan fingerprint density at radius 2 is 2.27 bits per heavy atom. The lowest BCUT2D eigenvalue weighted by atomic mass is 9.81. The first-order chi connectivity index (χ1) is 12.8. The molecule has 0 unspecified atom stereocenters. The number of carbonyl (C=O) groups excluding carboxylic acids is 1. The Bertz CT molecular complexity index is 652. The second-order valence-corrected chi connectivity index (χ2v) is 7.77. The van der Waals surface area contributed by atoms with Gasteiger partial charge in [0.05, 0.1) is 32.0 Å². The molecule has 1 aliphatic carbocycles. The first-order valence-electron chi connectivity index (χ1n) is 9.82. The van der Waals surface area contributed by atoms with E-state index in [0.29, 0.717) is 25.6 Å². The summed E-state index contributed by atoms with van der Waals surface area (Å²) >= 11 is 0. The largest absolute Gasteiger partial charge is 0.375 e. The van der Waals surface area contributed by atoms with Gasteiger partial charge in [0, 0.05) is 25.1 Å². The van der Waals surface area contributed by atoms with E-state index in [0.717, 1.165) is 44.7 Å². The predicted octanol–water partition coefficient (Wildman–Crippen LogP) is 3.11. The van der Waals surface area contributed by atoms with Crippen LogP contribution in [0.3, 0.4) is 0 Å². The van der Waals surface area contributed by atoms with Gasteiger partial charge in [0.1, 0.15) is 5.60 Å². The van der Waals surface area contributed by atoms with Crippen molar-refractivity contribution < 1.29 is 14.3 Å². The first kappa shape index (κ1) is 17.7. The second-order valence-electron chi connectivity index (χ2n) is 7.77. The van der Waals surface area contributed by atoms with Crippen LogP contribution >= 0.6 is 0 Å². The number of likely N-dealkylation sites (tertiary alicyclic amines) is 1. The Labute approximate surface area is 155 Å². The summed E-state index contributed by atoms with van der Waals surface area (Å²) in [7, 11) is 0. The Kier molecular flexibility index (Phi) is 5.36. The third kappa shape index (κ3) is 3.84. The molecule has 0 radical (unpaired) electrons. The average molecular weight is 356 g/mol. The molecule has 0 aromatic carbocycles. The van der Waals surface area contributed by atoms with Gasteiger partial charge in [0.15, 0.2) is 0 Å². The van der Waals surface area contributed by atoms with E-state index in [2.05, 4.69) is 11.1 Å². The molecule has 0 N–H and O–H groups in total. The van der Waals surface area contributed by atoms with Gasteiger partial charge < -0.3 is 14.4 Å². The zero-order valence-electron chi connectivity index (χ0n) is 15.4. The summed E-state index contributed by atoms with van der Waals surface area (Å²) in [5.74, 6) is 0.622. The minimum Gasteiger partial charge on any atom is -0.375 e. The zero-order valence-corrected chi connectivity index (χ0v) is 15.4. The molecule has 5 nitrogen and oxygen atoms in total. The van der Waals surface area contributed by atoms with Crippen LogP contribution in [0, 0.1) is 5.92 Å². The van der Waals surface area contributed by atoms with E-state index in [1.165, 1.54) is 18.4 Å². The SMILES string of the molecule is O=C(CC1=CCCCC1)N1CC2(C1)OCC[C@@H]2COCc1ccccn1. The fraction of sp³-hybridized carbons (Fsp3) is 0.619. The van der Waals surface area contributed by atoms with E-state index in [1.54, 1.807) is 6.20 Å². The lowest BCUT2D eigenvalue weighted by Crippen LogP contribution is -2.66. The van der Waals surface area contributed by atoms with Gasteiger partial charge in [-0.15, -0.1) is 0 Å². The van der Waals surface area contributed by atoms with E-state index < -0.39 is 0 Å². The maximum absolute atomic E-state index is 12.5. The first-order valence-corrected chi connectivity index (χ1v) is 9.82. The van der Waals surface area contributed by atoms with E-state index in [4.69, 9.17) is 9.47 Å². The molecule has 3 heterocycles. The van der Waals surface area contributed by atoms with Crippen LogP contribution in [0.4, 0.5) is 0 Å². The molecule has 4 rings (SSSR count). The van der Waals surface area contributed by atoms with E-state index in [9.17, 15) is 4.79 Å². The van der Waals surface area contributed by atoms with Crippen LogP contribution in [0.1, 0.15) is 44.2 Å². The number of hydrogen-bond acceptors (Lipinski definition) is 4. The molecule has 2 saturated heterocycles. The van der Waals surface area contributed by atoms with Gasteiger partial charge in [-0.1, -0.05) is 17.7 Å². The molecule has 3 aliphatic rings. The lowest BCUT2D eigenvalue weighted by Gasteiger charge is -2.50. The molecule has 26 heavy (non-hydrogen) atoms. The minimum absolute atomic E-state index is 0.180. The molecular weight excluding hydrogens is 328 g/mol. The normalized spacial score (nSPS) is 24.4. The molecule has 5 heteroatoms. The Morgan fingerprint density at radius 3 is 3.04 bits per heavy atom. The van der Waals surface area contributed by atoms with Gasteiger partial charge in [-0.05, 0) is 44.2 Å². The van der Waals surface area contributed by atoms with Crippen molar-refractivity contribution in [2.24, 2.45) is 5.92 Å². The quantitative estimate of drug-likeness (QED) is 0.735. The van der Waals surface area contributed by atoms with Crippen molar-refractivity contribution in [3.63, 3.8) is 0 Å². The topological polar surface area (TPSA) is 51.7 Å². The highest BCUT2D eigenvalue weighted by molar-refractivity contribution is 5.80. The number of carbonyl (C=O) groups is 1. The number of nitrogens with zero attached hydrogens (tertiary/aromatic N) is 2. The van der Waals surface area contributed by atoms with E-state index in [1.807, 2.05) is 23.1 Å². The molecule has 140 valence electrons. The second kappa shape index (κ2) is 7.89. The molecular formula is C21H28N2O3. The third-order valence-electron chi connectivity index (χ3n) is 5.93. The highest BCUT2D eigenvalue weighted by Crippen LogP contribution is 2.40. The summed E-state index contributed by atoms with van der Waals surface area (Å²) in [4.78, 5) is 18.8. The number of ether oxygens (including phenoxy) is 2. The molecule has 0 saturated carbocycles. The van der Waals surface area contributed by atoms with Gasteiger partial charge >= 0.3 is 0 Å². The fourth-order valence-corrected chi connectivity index (χ4v) is 4.31. The molecule has 1 atom stereocenters. The van der Waals surface area contributed by atoms with Gasteiger partial charge in [-0.3, -0.25) is 9.78 Å². The average Bonchev–Trinajstić information content (AvgIpc) is 3.06. The van der Waals surface area contributed by atoms with Crippen molar-refractivity contribution in [1.82, 2.24) is 9.88 Å². The summed E-state index contributed by atoms with van der Waals surface area (Å²) < 4.78 is 12.0. The molecule has 1 aromatic heterocycles. The summed E-state index contributed by atoms with van der Waals surface area (Å²) in [6, 6.07) is 5.86. The van der Waals surface area contributed by atoms with Gasteiger partial charge in [-0.25, -0.2) is 0 Å². The smallest absolute Gasteiger partial charge is 0.226 e. The van der Waals surface area contributed by atoms with Gasteiger partial charge in [0.25, 0.3) is 0 Å². The van der Waals surface area contributed by atoms with Crippen LogP contribution < -0.4 is 0 Å². The molecule has 2 aliphatic heterocycles. The third-order valence-corrected chi connectivity index (χ3v) is 5.93. The maximum Gasteiger partial charge on any atom is 0.226 e. The number of aromatic nitrogens is 1. The monoisotopic (exact) mass is 356 g/mol. The summed E-state index contributed by atoms with van der Waals surface area (Å²) in [6.07, 6.45) is 10.4. The number of hydrogen-bond donors (Lipinski definition) is 0. The number of amides is 1. The number of rotatable bonds is 6. The Hall–Kier alpha value is -1.72. The maximum atomic E-state index is 12.5. The predicted molar refractivity (Wildman–Crippen MR) is 98.4 cm³/mol. The van der Waals surface area contributed by atoms with Crippen LogP contribution in [-0.4, -0.2) is 47.7 Å². The summed E-state index contributed by atoms with van der Waals surface area (Å²) in [5, 5.41) is 0. The number of allylic oxidation sites excluding steroid dienone is 1. The highest BCUT2D eigenvalue weighted by Gasteiger charge is 2.54. The lowest BCUT2D eigenvalue weighted by molar-refractivity contribution is -0.168. The zero-order chi connectivity index (χ0) is 17.8. The van der Waals surface area contributed by atoms with Crippen molar-refractivity contribution >= 4 is 5.91 Å². The summed E-state index contributed by atoms with van der Waals surface area (Å²) in [5.41, 5.74) is 2.09. The van der Waals surface area contributed by atoms with E-state index in [-0.39, 0.29) is 11.5 Å². The molecule has 2 fully saturated rings. The van der Waals surface area contributed by atoms with Crippen molar-refractivity contribution in [3.05, 3.63) is 41.7 Å². The van der Waals surface area contributed by atoms with Crippen molar-refractivity contribution in [1.29, 1.82) is 0 Å². The van der Waals surface area contributed by atoms with Gasteiger partial charge in [-0.2, -0.15) is 0 Å². The number of pyridine rings is 1. The van der Waals surface area contributed by atoms with Crippen molar-refractivity contribution in [3.8, 4) is 0 Å². The Balaban J connectivity index is 1.25. The van der Waals surface area contributed by atoms with Crippen molar-refractivity contribution in [2.75, 3.05) is 26.3 Å². The summed E-state index contributed by atoms with van der Waals surface area (Å²) in [6.45, 7) is 3.41. The van der Waals surface area contributed by atoms with Crippen LogP contribution in [0.15, 0.2) is 36.0 Å². The molecule has 0 bridgehead atoms. The van der Waals surface area contributed by atoms with E-state index >= 15 is 0 Å². The van der Waals surface area contributed by atoms with Crippen LogP contribution in [0.25, 0.3) is 0 Å². The molecule has 1 amide bonds.